The zero-order valence-corrected chi connectivity index (χ0v) is 11.8. The molecule has 3 heterocycles. The molecule has 0 saturated carbocycles. The SMILES string of the molecule is CC1(C)O[C@H]2[C@@H]([C@H]3COC(C)(C)O3)OC(=S)[C@H]2O1. The quantitative estimate of drug-likeness (QED) is 0.673. The average molecular weight is 274 g/mol. The lowest BCUT2D eigenvalue weighted by molar-refractivity contribution is -0.179. The Morgan fingerprint density at radius 1 is 1.00 bits per heavy atom. The van der Waals surface area contributed by atoms with Gasteiger partial charge in [-0.05, 0) is 39.9 Å². The first kappa shape index (κ1) is 12.7. The molecule has 6 heteroatoms. The number of ether oxygens (including phenoxy) is 5. The summed E-state index contributed by atoms with van der Waals surface area (Å²) in [6, 6.07) is 0. The van der Waals surface area contributed by atoms with Gasteiger partial charge >= 0.3 is 0 Å². The van der Waals surface area contributed by atoms with Crippen LogP contribution in [-0.4, -0.2) is 47.6 Å². The first-order chi connectivity index (χ1) is 8.27. The summed E-state index contributed by atoms with van der Waals surface area (Å²) in [6.07, 6.45) is -0.932. The van der Waals surface area contributed by atoms with Crippen LogP contribution in [-0.2, 0) is 23.7 Å². The van der Waals surface area contributed by atoms with E-state index in [2.05, 4.69) is 0 Å². The van der Waals surface area contributed by atoms with E-state index in [1.54, 1.807) is 0 Å². The predicted octanol–water partition coefficient (Wildman–Crippen LogP) is 1.38. The van der Waals surface area contributed by atoms with Crippen molar-refractivity contribution >= 4 is 17.3 Å². The van der Waals surface area contributed by atoms with Crippen molar-refractivity contribution in [3.63, 3.8) is 0 Å². The van der Waals surface area contributed by atoms with E-state index >= 15 is 0 Å². The summed E-state index contributed by atoms with van der Waals surface area (Å²) in [5.74, 6) is -1.21. The van der Waals surface area contributed by atoms with Crippen LogP contribution in [0.25, 0.3) is 0 Å². The van der Waals surface area contributed by atoms with Gasteiger partial charge in [-0.15, -0.1) is 0 Å². The van der Waals surface area contributed by atoms with E-state index in [-0.39, 0.29) is 24.4 Å². The zero-order valence-electron chi connectivity index (χ0n) is 11.0. The third kappa shape index (κ3) is 2.06. The summed E-state index contributed by atoms with van der Waals surface area (Å²) in [7, 11) is 0. The molecule has 3 fully saturated rings. The topological polar surface area (TPSA) is 46.2 Å². The summed E-state index contributed by atoms with van der Waals surface area (Å²) in [5.41, 5.74) is 0. The molecule has 0 bridgehead atoms. The molecule has 0 aromatic rings. The molecule has 0 aromatic carbocycles. The van der Waals surface area contributed by atoms with Crippen LogP contribution < -0.4 is 0 Å². The number of hydrogen-bond donors (Lipinski definition) is 0. The van der Waals surface area contributed by atoms with Gasteiger partial charge in [0.25, 0.3) is 0 Å². The molecule has 3 aliphatic rings. The Balaban J connectivity index is 1.77. The zero-order chi connectivity index (χ0) is 13.1. The second-order valence-corrected chi connectivity index (χ2v) is 6.19. The van der Waals surface area contributed by atoms with Gasteiger partial charge in [-0.25, -0.2) is 0 Å². The molecule has 0 unspecified atom stereocenters. The van der Waals surface area contributed by atoms with Crippen LogP contribution in [0.2, 0.25) is 0 Å². The first-order valence-corrected chi connectivity index (χ1v) is 6.56. The summed E-state index contributed by atoms with van der Waals surface area (Å²) >= 11 is 5.21. The van der Waals surface area contributed by atoms with Gasteiger partial charge in [0.05, 0.1) is 6.61 Å². The van der Waals surface area contributed by atoms with E-state index in [4.69, 9.17) is 35.9 Å². The highest BCUT2D eigenvalue weighted by molar-refractivity contribution is 7.80. The standard InChI is InChI=1S/C12H18O5S/c1-11(2)13-5-6(15-11)7-8-9(10(18)14-7)17-12(3,4)16-8/h6-9H,5H2,1-4H3/t6-,7-,8+,9+/m1/s1. The Morgan fingerprint density at radius 3 is 2.33 bits per heavy atom. The van der Waals surface area contributed by atoms with Crippen LogP contribution >= 0.6 is 12.2 Å². The second kappa shape index (κ2) is 3.86. The minimum Gasteiger partial charge on any atom is -0.475 e. The third-order valence-electron chi connectivity index (χ3n) is 3.33. The van der Waals surface area contributed by atoms with Crippen molar-refractivity contribution in [2.75, 3.05) is 6.61 Å². The van der Waals surface area contributed by atoms with E-state index < -0.39 is 11.6 Å². The summed E-state index contributed by atoms with van der Waals surface area (Å²) in [4.78, 5) is 0. The highest BCUT2D eigenvalue weighted by Gasteiger charge is 2.57. The van der Waals surface area contributed by atoms with Crippen LogP contribution in [0.5, 0.6) is 0 Å². The molecule has 0 aromatic heterocycles. The largest absolute Gasteiger partial charge is 0.475 e. The molecule has 3 rings (SSSR count). The highest BCUT2D eigenvalue weighted by atomic mass is 32.1. The maximum absolute atomic E-state index is 5.87. The van der Waals surface area contributed by atoms with Gasteiger partial charge in [-0.2, -0.15) is 0 Å². The number of rotatable bonds is 1. The van der Waals surface area contributed by atoms with Crippen molar-refractivity contribution in [2.24, 2.45) is 0 Å². The molecule has 5 nitrogen and oxygen atoms in total. The van der Waals surface area contributed by atoms with Crippen molar-refractivity contribution in [2.45, 2.75) is 63.7 Å². The van der Waals surface area contributed by atoms with Gasteiger partial charge in [0.1, 0.15) is 12.2 Å². The molecule has 4 atom stereocenters. The van der Waals surface area contributed by atoms with Crippen molar-refractivity contribution in [1.29, 1.82) is 0 Å². The van der Waals surface area contributed by atoms with Crippen molar-refractivity contribution < 1.29 is 23.7 Å². The lowest BCUT2D eigenvalue weighted by Crippen LogP contribution is -2.40. The molecule has 3 saturated heterocycles. The van der Waals surface area contributed by atoms with Crippen molar-refractivity contribution in [3.05, 3.63) is 0 Å². The third-order valence-corrected chi connectivity index (χ3v) is 3.66. The minimum absolute atomic E-state index is 0.176. The molecule has 0 radical (unpaired) electrons. The van der Waals surface area contributed by atoms with Crippen LogP contribution in [0.1, 0.15) is 27.7 Å². The summed E-state index contributed by atoms with van der Waals surface area (Å²) in [5, 5.41) is 0.448. The van der Waals surface area contributed by atoms with E-state index in [0.717, 1.165) is 0 Å². The molecule has 0 N–H and O–H groups in total. The Hall–Kier alpha value is -0.270. The van der Waals surface area contributed by atoms with Gasteiger partial charge in [-0.1, -0.05) is 0 Å². The predicted molar refractivity (Wildman–Crippen MR) is 66.2 cm³/mol. The molecule has 0 aliphatic carbocycles. The van der Waals surface area contributed by atoms with E-state index in [1.807, 2.05) is 27.7 Å². The highest BCUT2D eigenvalue weighted by Crippen LogP contribution is 2.40. The molecular formula is C12H18O5S. The van der Waals surface area contributed by atoms with Gasteiger partial charge in [0, 0.05) is 0 Å². The molecule has 3 aliphatic heterocycles. The smallest absolute Gasteiger partial charge is 0.192 e. The summed E-state index contributed by atoms with van der Waals surface area (Å²) < 4.78 is 28.7. The van der Waals surface area contributed by atoms with E-state index in [0.29, 0.717) is 11.7 Å². The second-order valence-electron chi connectivity index (χ2n) is 5.79. The van der Waals surface area contributed by atoms with Crippen molar-refractivity contribution in [3.8, 4) is 0 Å². The number of hydrogen-bond acceptors (Lipinski definition) is 6. The summed E-state index contributed by atoms with van der Waals surface area (Å²) in [6.45, 7) is 8.00. The Kier molecular flexibility index (Phi) is 2.74. The molecular weight excluding hydrogens is 256 g/mol. The van der Waals surface area contributed by atoms with E-state index in [9.17, 15) is 0 Å². The lowest BCUT2D eigenvalue weighted by atomic mass is 10.1. The Morgan fingerprint density at radius 2 is 1.72 bits per heavy atom. The van der Waals surface area contributed by atoms with Gasteiger partial charge in [0.15, 0.2) is 28.8 Å². The number of thiocarbonyl (C=S) groups is 1. The van der Waals surface area contributed by atoms with Crippen LogP contribution in [0.4, 0.5) is 0 Å². The fourth-order valence-corrected chi connectivity index (χ4v) is 2.94. The maximum atomic E-state index is 5.87. The monoisotopic (exact) mass is 274 g/mol. The van der Waals surface area contributed by atoms with Gasteiger partial charge in [-0.3, -0.25) is 0 Å². The van der Waals surface area contributed by atoms with Crippen LogP contribution in [0.3, 0.4) is 0 Å². The lowest BCUT2D eigenvalue weighted by Gasteiger charge is -2.25. The number of fused-ring (bicyclic) bond motifs is 1. The molecule has 102 valence electrons. The average Bonchev–Trinajstić information content (AvgIpc) is 2.81. The molecule has 0 spiro atoms. The van der Waals surface area contributed by atoms with Crippen molar-refractivity contribution in [1.82, 2.24) is 0 Å². The van der Waals surface area contributed by atoms with Crippen LogP contribution in [0, 0.1) is 0 Å². The molecule has 18 heavy (non-hydrogen) atoms. The Bertz CT molecular complexity index is 381. The van der Waals surface area contributed by atoms with Gasteiger partial charge < -0.3 is 23.7 Å². The first-order valence-electron chi connectivity index (χ1n) is 6.15. The van der Waals surface area contributed by atoms with Crippen LogP contribution in [0.15, 0.2) is 0 Å². The fourth-order valence-electron chi connectivity index (χ4n) is 2.64. The Labute approximate surface area is 112 Å². The maximum Gasteiger partial charge on any atom is 0.192 e. The van der Waals surface area contributed by atoms with Gasteiger partial charge in [0.2, 0.25) is 0 Å². The molecule has 0 amide bonds. The fraction of sp³-hybridized carbons (Fsp3) is 0.917. The van der Waals surface area contributed by atoms with E-state index in [1.165, 1.54) is 0 Å². The minimum atomic E-state index is -0.629. The normalized spacial score (nSPS) is 45.0.